The third-order valence-corrected chi connectivity index (χ3v) is 4.97. The molecule has 0 spiro atoms. The molecule has 128 valence electrons. The molecule has 0 N–H and O–H groups in total. The first-order chi connectivity index (χ1) is 10.1. The summed E-state index contributed by atoms with van der Waals surface area (Å²) < 4.78 is 76.5. The Bertz CT molecular complexity index is 427. The molecule has 0 aliphatic carbocycles. The lowest BCUT2D eigenvalue weighted by Crippen LogP contribution is -2.27. The van der Waals surface area contributed by atoms with Crippen LogP contribution in [0.3, 0.4) is 0 Å². The molecule has 1 aliphatic heterocycles. The number of hydrogen-bond acceptors (Lipinski definition) is 1. The van der Waals surface area contributed by atoms with E-state index in [1.54, 1.807) is 4.90 Å². The summed E-state index contributed by atoms with van der Waals surface area (Å²) in [5.41, 5.74) is 0.716. The molecule has 0 saturated heterocycles. The van der Waals surface area contributed by atoms with E-state index in [1.807, 2.05) is 23.2 Å². The van der Waals surface area contributed by atoms with Gasteiger partial charge in [-0.2, -0.15) is 26.3 Å². The highest BCUT2D eigenvalue weighted by molar-refractivity contribution is 14.2. The van der Waals surface area contributed by atoms with E-state index in [2.05, 4.69) is 0 Å². The maximum Gasteiger partial charge on any atom is 0.389 e. The van der Waals surface area contributed by atoms with Crippen LogP contribution in [0.1, 0.15) is 32.6 Å². The summed E-state index contributed by atoms with van der Waals surface area (Å²) >= 11 is -0.193. The Kier molecular flexibility index (Phi) is 7.40. The van der Waals surface area contributed by atoms with Gasteiger partial charge in [-0.25, -0.2) is 0 Å². The molecular weight excluding hydrogens is 423 g/mol. The molecule has 0 amide bonds. The standard InChI is InChI=1S/C14H18F6IN/c1-11-10-12(4-7-21-11)22(8-2-5-13(15,16)17)9-3-6-14(18,19)20/h4,7,10H,2-3,5-6,8-9H2,1H3. The molecular formula is C14H18F6IN. The quantitative estimate of drug-likeness (QED) is 0.370. The van der Waals surface area contributed by atoms with E-state index in [4.69, 9.17) is 0 Å². The first-order valence-electron chi connectivity index (χ1n) is 6.80. The van der Waals surface area contributed by atoms with Gasteiger partial charge in [0.25, 0.3) is 0 Å². The molecule has 0 saturated carbocycles. The van der Waals surface area contributed by atoms with E-state index < -0.39 is 25.2 Å². The van der Waals surface area contributed by atoms with Crippen molar-refractivity contribution in [3.8, 4) is 0 Å². The fourth-order valence-corrected chi connectivity index (χ4v) is 3.60. The fourth-order valence-electron chi connectivity index (χ4n) is 1.99. The van der Waals surface area contributed by atoms with Crippen molar-refractivity contribution in [2.24, 2.45) is 0 Å². The molecule has 0 aromatic carbocycles. The lowest BCUT2D eigenvalue weighted by Gasteiger charge is -2.27. The maximum atomic E-state index is 12.2. The van der Waals surface area contributed by atoms with Crippen molar-refractivity contribution in [1.82, 2.24) is 4.90 Å². The lowest BCUT2D eigenvalue weighted by atomic mass is 10.2. The Morgan fingerprint density at radius 2 is 1.45 bits per heavy atom. The number of halogens is 7. The van der Waals surface area contributed by atoms with Crippen molar-refractivity contribution >= 4 is 24.2 Å². The van der Waals surface area contributed by atoms with Crippen LogP contribution in [0.2, 0.25) is 0 Å². The Hall–Kier alpha value is -0.540. The summed E-state index contributed by atoms with van der Waals surface area (Å²) in [5.74, 6) is 0. The number of allylic oxidation sites excluding steroid dienone is 2. The van der Waals surface area contributed by atoms with Gasteiger partial charge in [0.05, 0.1) is 0 Å². The Labute approximate surface area is 135 Å². The molecule has 0 aromatic rings. The highest BCUT2D eigenvalue weighted by Gasteiger charge is 2.28. The van der Waals surface area contributed by atoms with Crippen LogP contribution in [-0.2, 0) is 0 Å². The SMILES string of the molecule is CC1=IC=CC(N(CCCC(F)(F)F)CCCC(F)(F)F)=C1. The van der Waals surface area contributed by atoms with Crippen molar-refractivity contribution in [2.45, 2.75) is 45.0 Å². The predicted molar refractivity (Wildman–Crippen MR) is 84.1 cm³/mol. The summed E-state index contributed by atoms with van der Waals surface area (Å²) in [4.78, 5) is 1.63. The number of rotatable bonds is 7. The molecule has 1 aliphatic rings. The second kappa shape index (κ2) is 8.35. The minimum atomic E-state index is -4.23. The Balaban J connectivity index is 2.61. The summed E-state index contributed by atoms with van der Waals surface area (Å²) in [6.07, 6.45) is -6.87. The van der Waals surface area contributed by atoms with Gasteiger partial charge >= 0.3 is 12.4 Å². The zero-order valence-electron chi connectivity index (χ0n) is 12.1. The van der Waals surface area contributed by atoms with E-state index in [1.165, 1.54) is 0 Å². The van der Waals surface area contributed by atoms with Crippen LogP contribution in [0.5, 0.6) is 0 Å². The van der Waals surface area contributed by atoms with Gasteiger partial charge < -0.3 is 4.90 Å². The largest absolute Gasteiger partial charge is 0.389 e. The number of alkyl halides is 6. The van der Waals surface area contributed by atoms with Gasteiger partial charge in [0, 0.05) is 31.6 Å². The van der Waals surface area contributed by atoms with E-state index >= 15 is 0 Å². The van der Waals surface area contributed by atoms with Crippen molar-refractivity contribution in [2.75, 3.05) is 13.1 Å². The summed E-state index contributed by atoms with van der Waals surface area (Å²) in [5, 5.41) is 0. The molecule has 0 fully saturated rings. The average molecular weight is 441 g/mol. The van der Waals surface area contributed by atoms with E-state index in [9.17, 15) is 26.3 Å². The lowest BCUT2D eigenvalue weighted by molar-refractivity contribution is -0.136. The summed E-state index contributed by atoms with van der Waals surface area (Å²) in [6.45, 7) is 2.15. The highest BCUT2D eigenvalue weighted by Crippen LogP contribution is 2.25. The van der Waals surface area contributed by atoms with Crippen LogP contribution in [0, 0.1) is 0 Å². The molecule has 1 rings (SSSR count). The third-order valence-electron chi connectivity index (χ3n) is 2.96. The molecule has 0 aromatic heterocycles. The van der Waals surface area contributed by atoms with Gasteiger partial charge in [-0.15, -0.1) is 0 Å². The van der Waals surface area contributed by atoms with Crippen molar-refractivity contribution < 1.29 is 26.3 Å². The van der Waals surface area contributed by atoms with Crippen LogP contribution in [0.25, 0.3) is 0 Å². The normalized spacial score (nSPS) is 16.0. The monoisotopic (exact) mass is 441 g/mol. The molecule has 22 heavy (non-hydrogen) atoms. The maximum absolute atomic E-state index is 12.2. The second-order valence-electron chi connectivity index (χ2n) is 4.98. The number of nitrogens with zero attached hydrogens (tertiary/aromatic N) is 1. The second-order valence-corrected chi connectivity index (χ2v) is 8.03. The van der Waals surface area contributed by atoms with Gasteiger partial charge in [0.1, 0.15) is 0 Å². The van der Waals surface area contributed by atoms with Gasteiger partial charge in [0.2, 0.25) is 0 Å². The zero-order chi connectivity index (χ0) is 16.8. The van der Waals surface area contributed by atoms with Crippen LogP contribution < -0.4 is 0 Å². The molecule has 1 heterocycles. The predicted octanol–water partition coefficient (Wildman–Crippen LogP) is 5.55. The molecule has 0 unspecified atom stereocenters. The fraction of sp³-hybridized carbons (Fsp3) is 0.643. The third kappa shape index (κ3) is 8.79. The molecule has 0 atom stereocenters. The Morgan fingerprint density at radius 3 is 1.86 bits per heavy atom. The van der Waals surface area contributed by atoms with E-state index in [0.29, 0.717) is 5.70 Å². The van der Waals surface area contributed by atoms with Gasteiger partial charge in [-0.1, -0.05) is 20.7 Å². The van der Waals surface area contributed by atoms with Gasteiger partial charge in [-0.3, -0.25) is 0 Å². The smallest absolute Gasteiger partial charge is 0.371 e. The Morgan fingerprint density at radius 1 is 0.955 bits per heavy atom. The molecule has 1 nitrogen and oxygen atoms in total. The van der Waals surface area contributed by atoms with Crippen LogP contribution in [0.4, 0.5) is 26.3 Å². The van der Waals surface area contributed by atoms with Crippen LogP contribution >= 0.6 is 20.7 Å². The van der Waals surface area contributed by atoms with Crippen LogP contribution in [0.15, 0.2) is 21.9 Å². The van der Waals surface area contributed by atoms with Crippen LogP contribution in [-0.4, -0.2) is 33.9 Å². The zero-order valence-corrected chi connectivity index (χ0v) is 14.2. The van der Waals surface area contributed by atoms with E-state index in [0.717, 1.165) is 3.51 Å². The number of hydrogen-bond donors (Lipinski definition) is 0. The minimum absolute atomic E-state index is 0.110. The first kappa shape index (κ1) is 19.5. The topological polar surface area (TPSA) is 3.24 Å². The van der Waals surface area contributed by atoms with Crippen molar-refractivity contribution in [3.63, 3.8) is 0 Å². The van der Waals surface area contributed by atoms with Crippen molar-refractivity contribution in [3.05, 3.63) is 21.9 Å². The van der Waals surface area contributed by atoms with Gasteiger partial charge in [-0.05, 0) is 39.5 Å². The van der Waals surface area contributed by atoms with E-state index in [-0.39, 0.29) is 46.7 Å². The molecule has 0 radical (unpaired) electrons. The van der Waals surface area contributed by atoms with Crippen molar-refractivity contribution in [1.29, 1.82) is 0 Å². The summed E-state index contributed by atoms with van der Waals surface area (Å²) in [6, 6.07) is 0. The molecule has 8 heteroatoms. The minimum Gasteiger partial charge on any atom is -0.371 e. The highest BCUT2D eigenvalue weighted by atomic mass is 127. The average Bonchev–Trinajstić information content (AvgIpc) is 2.34. The van der Waals surface area contributed by atoms with Gasteiger partial charge in [0.15, 0.2) is 0 Å². The molecule has 0 bridgehead atoms. The summed E-state index contributed by atoms with van der Waals surface area (Å²) in [7, 11) is 0. The first-order valence-corrected chi connectivity index (χ1v) is 9.13.